The molecule has 1 saturated heterocycles. The second kappa shape index (κ2) is 8.61. The van der Waals surface area contributed by atoms with Crippen LogP contribution < -0.4 is 4.90 Å². The van der Waals surface area contributed by atoms with Gasteiger partial charge < -0.3 is 14.3 Å². The molecule has 4 aromatic rings. The molecule has 8 nitrogen and oxygen atoms in total. The average Bonchev–Trinajstić information content (AvgIpc) is 3.54. The van der Waals surface area contributed by atoms with E-state index in [0.29, 0.717) is 24.8 Å². The van der Waals surface area contributed by atoms with Crippen LogP contribution in [0.4, 0.5) is 5.13 Å². The summed E-state index contributed by atoms with van der Waals surface area (Å²) in [7, 11) is 3.96. The van der Waals surface area contributed by atoms with Gasteiger partial charge in [-0.1, -0.05) is 46.8 Å². The fourth-order valence-corrected chi connectivity index (χ4v) is 5.86. The lowest BCUT2D eigenvalue weighted by atomic mass is 10.2. The minimum Gasteiger partial charge on any atom is -0.354 e. The van der Waals surface area contributed by atoms with Crippen LogP contribution in [0.1, 0.15) is 28.5 Å². The van der Waals surface area contributed by atoms with Gasteiger partial charge in [0.25, 0.3) is 5.91 Å². The zero-order valence-corrected chi connectivity index (χ0v) is 19.8. The monoisotopic (exact) mass is 468 g/mol. The number of anilines is 1. The highest BCUT2D eigenvalue weighted by molar-refractivity contribution is 7.29. The van der Waals surface area contributed by atoms with E-state index < -0.39 is 0 Å². The molecule has 10 heteroatoms. The van der Waals surface area contributed by atoms with Crippen molar-refractivity contribution in [2.24, 2.45) is 0 Å². The van der Waals surface area contributed by atoms with Crippen LogP contribution >= 0.6 is 22.7 Å². The molecule has 0 saturated carbocycles. The normalized spacial score (nSPS) is 15.9. The molecule has 1 amide bonds. The third-order valence-electron chi connectivity index (χ3n) is 5.65. The van der Waals surface area contributed by atoms with Gasteiger partial charge in [0.1, 0.15) is 4.83 Å². The fourth-order valence-electron chi connectivity index (χ4n) is 3.75. The van der Waals surface area contributed by atoms with Crippen LogP contribution in [-0.4, -0.2) is 71.1 Å². The zero-order valence-electron chi connectivity index (χ0n) is 18.2. The number of carbonyl (C=O) groups is 1. The summed E-state index contributed by atoms with van der Waals surface area (Å²) in [5, 5.41) is 5.10. The van der Waals surface area contributed by atoms with Crippen molar-refractivity contribution in [3.05, 3.63) is 47.2 Å². The number of hydrogen-bond donors (Lipinski definition) is 0. The van der Waals surface area contributed by atoms with Gasteiger partial charge in [0, 0.05) is 45.8 Å². The van der Waals surface area contributed by atoms with Gasteiger partial charge in [-0.15, -0.1) is 11.3 Å². The van der Waals surface area contributed by atoms with Crippen molar-refractivity contribution in [1.82, 2.24) is 24.9 Å². The summed E-state index contributed by atoms with van der Waals surface area (Å²) in [4.78, 5) is 30.1. The topological polar surface area (TPSA) is 78.6 Å². The number of piperazine rings is 1. The van der Waals surface area contributed by atoms with E-state index in [1.165, 1.54) is 11.3 Å². The Balaban J connectivity index is 1.21. The van der Waals surface area contributed by atoms with E-state index in [-0.39, 0.29) is 11.9 Å². The molecule has 166 valence electrons. The maximum absolute atomic E-state index is 13.0. The number of hydrogen-bond acceptors (Lipinski definition) is 9. The first-order valence-corrected chi connectivity index (χ1v) is 12.1. The highest BCUT2D eigenvalue weighted by atomic mass is 32.1. The standard InChI is InChI=1S/C22H24N6O2S2/c1-14(19-23-18(25-30-19)15-7-5-4-6-8-15)27-9-11-28(12-10-27)21(29)17-13-16-20(31-17)24-22(32-16)26(2)3/h4-8,13-14H,9-12H2,1-3H3. The van der Waals surface area contributed by atoms with Crippen LogP contribution in [0.2, 0.25) is 0 Å². The van der Waals surface area contributed by atoms with E-state index in [4.69, 9.17) is 4.52 Å². The van der Waals surface area contributed by atoms with E-state index >= 15 is 0 Å². The molecule has 1 aliphatic heterocycles. The molecule has 3 aromatic heterocycles. The van der Waals surface area contributed by atoms with Crippen LogP contribution in [0, 0.1) is 0 Å². The maximum atomic E-state index is 13.0. The second-order valence-corrected chi connectivity index (χ2v) is 10.0. The zero-order chi connectivity index (χ0) is 22.2. The molecule has 32 heavy (non-hydrogen) atoms. The molecule has 1 aromatic carbocycles. The van der Waals surface area contributed by atoms with E-state index in [2.05, 4.69) is 26.9 Å². The molecule has 1 unspecified atom stereocenters. The van der Waals surface area contributed by atoms with Gasteiger partial charge in [0.05, 0.1) is 15.6 Å². The Labute approximate surface area is 194 Å². The highest BCUT2D eigenvalue weighted by Crippen LogP contribution is 2.34. The van der Waals surface area contributed by atoms with Gasteiger partial charge in [-0.25, -0.2) is 4.98 Å². The van der Waals surface area contributed by atoms with Crippen molar-refractivity contribution in [1.29, 1.82) is 0 Å². The lowest BCUT2D eigenvalue weighted by Crippen LogP contribution is -2.49. The number of fused-ring (bicyclic) bond motifs is 1. The third kappa shape index (κ3) is 4.01. The summed E-state index contributed by atoms with van der Waals surface area (Å²) >= 11 is 3.09. The molecule has 0 bridgehead atoms. The summed E-state index contributed by atoms with van der Waals surface area (Å²) in [5.41, 5.74) is 0.938. The molecular weight excluding hydrogens is 444 g/mol. The number of benzene rings is 1. The van der Waals surface area contributed by atoms with Crippen LogP contribution in [0.5, 0.6) is 0 Å². The lowest BCUT2D eigenvalue weighted by molar-refractivity contribution is 0.0556. The Morgan fingerprint density at radius 3 is 2.53 bits per heavy atom. The van der Waals surface area contributed by atoms with Gasteiger partial charge in [-0.2, -0.15) is 4.98 Å². The largest absolute Gasteiger partial charge is 0.354 e. The number of thiazole rings is 1. The summed E-state index contributed by atoms with van der Waals surface area (Å²) in [6, 6.07) is 11.8. The fraction of sp³-hybridized carbons (Fsp3) is 0.364. The molecule has 0 N–H and O–H groups in total. The number of nitrogens with zero attached hydrogens (tertiary/aromatic N) is 6. The summed E-state index contributed by atoms with van der Waals surface area (Å²) in [5.74, 6) is 1.29. The molecule has 1 atom stereocenters. The first kappa shape index (κ1) is 21.0. The first-order chi connectivity index (χ1) is 15.5. The summed E-state index contributed by atoms with van der Waals surface area (Å²) < 4.78 is 6.61. The molecule has 0 spiro atoms. The van der Waals surface area contributed by atoms with Crippen molar-refractivity contribution in [3.8, 4) is 11.4 Å². The van der Waals surface area contributed by atoms with Gasteiger partial charge in [0.15, 0.2) is 5.13 Å². The quantitative estimate of drug-likeness (QED) is 0.438. The number of rotatable bonds is 5. The predicted molar refractivity (Wildman–Crippen MR) is 127 cm³/mol. The SMILES string of the molecule is CC(c1nc(-c2ccccc2)no1)N1CCN(C(=O)c2cc3sc(N(C)C)nc3s2)CC1. The van der Waals surface area contributed by atoms with Gasteiger partial charge in [-0.3, -0.25) is 9.69 Å². The molecule has 1 fully saturated rings. The van der Waals surface area contributed by atoms with Crippen molar-refractivity contribution in [3.63, 3.8) is 0 Å². The predicted octanol–water partition coefficient (Wildman–Crippen LogP) is 3.99. The Morgan fingerprint density at radius 2 is 1.84 bits per heavy atom. The van der Waals surface area contributed by atoms with Crippen molar-refractivity contribution in [2.45, 2.75) is 13.0 Å². The third-order valence-corrected chi connectivity index (χ3v) is 7.97. The van der Waals surface area contributed by atoms with Crippen LogP contribution in [-0.2, 0) is 0 Å². The summed E-state index contributed by atoms with van der Waals surface area (Å²) in [6.07, 6.45) is 0. The van der Waals surface area contributed by atoms with E-state index in [1.807, 2.05) is 60.3 Å². The maximum Gasteiger partial charge on any atom is 0.264 e. The van der Waals surface area contributed by atoms with E-state index in [0.717, 1.165) is 38.2 Å². The van der Waals surface area contributed by atoms with Crippen molar-refractivity contribution >= 4 is 43.2 Å². The Hall–Kier alpha value is -2.82. The van der Waals surface area contributed by atoms with Crippen LogP contribution in [0.25, 0.3) is 20.9 Å². The van der Waals surface area contributed by atoms with Crippen LogP contribution in [0.3, 0.4) is 0 Å². The minimum absolute atomic E-state index is 0.00190. The van der Waals surface area contributed by atoms with Gasteiger partial charge in [-0.05, 0) is 13.0 Å². The first-order valence-electron chi connectivity index (χ1n) is 10.5. The number of carbonyl (C=O) groups excluding carboxylic acids is 1. The van der Waals surface area contributed by atoms with Gasteiger partial charge in [0.2, 0.25) is 11.7 Å². The lowest BCUT2D eigenvalue weighted by Gasteiger charge is -2.36. The van der Waals surface area contributed by atoms with Crippen LogP contribution in [0.15, 0.2) is 40.9 Å². The minimum atomic E-state index is -0.00190. The van der Waals surface area contributed by atoms with E-state index in [9.17, 15) is 4.79 Å². The Kier molecular flexibility index (Phi) is 5.66. The smallest absolute Gasteiger partial charge is 0.264 e. The number of aromatic nitrogens is 3. The molecular formula is C22H24N6O2S2. The van der Waals surface area contributed by atoms with Gasteiger partial charge >= 0.3 is 0 Å². The van der Waals surface area contributed by atoms with Crippen molar-refractivity contribution < 1.29 is 9.32 Å². The molecule has 5 rings (SSSR count). The number of amides is 1. The molecule has 0 radical (unpaired) electrons. The average molecular weight is 469 g/mol. The number of thiophene rings is 1. The Bertz CT molecular complexity index is 1190. The highest BCUT2D eigenvalue weighted by Gasteiger charge is 2.29. The van der Waals surface area contributed by atoms with E-state index in [1.54, 1.807) is 11.3 Å². The molecule has 0 aliphatic carbocycles. The molecule has 4 heterocycles. The Morgan fingerprint density at radius 1 is 1.09 bits per heavy atom. The summed E-state index contributed by atoms with van der Waals surface area (Å²) in [6.45, 7) is 4.94. The second-order valence-electron chi connectivity index (χ2n) is 8.00. The van der Waals surface area contributed by atoms with Crippen molar-refractivity contribution in [2.75, 3.05) is 45.2 Å². The molecule has 1 aliphatic rings.